The predicted molar refractivity (Wildman–Crippen MR) is 144 cm³/mol. The van der Waals surface area contributed by atoms with Gasteiger partial charge in [0.25, 0.3) is 11.8 Å². The highest BCUT2D eigenvalue weighted by atomic mass is 32.1. The molecule has 2 heterocycles. The van der Waals surface area contributed by atoms with Crippen LogP contribution in [0.4, 0.5) is 5.13 Å². The number of rotatable bonds is 6. The fourth-order valence-corrected chi connectivity index (χ4v) is 5.90. The average Bonchev–Trinajstić information content (AvgIpc) is 3.50. The van der Waals surface area contributed by atoms with E-state index in [-0.39, 0.29) is 6.42 Å². The van der Waals surface area contributed by atoms with Crippen molar-refractivity contribution in [1.82, 2.24) is 9.88 Å². The van der Waals surface area contributed by atoms with Crippen LogP contribution in [0, 0.1) is 0 Å². The van der Waals surface area contributed by atoms with E-state index in [9.17, 15) is 14.4 Å². The molecule has 1 atom stereocenters. The Kier molecular flexibility index (Phi) is 6.14. The number of imide groups is 1. The van der Waals surface area contributed by atoms with Crippen molar-refractivity contribution in [3.05, 3.63) is 106 Å². The molecule has 37 heavy (non-hydrogen) atoms. The third-order valence-corrected chi connectivity index (χ3v) is 7.85. The molecule has 1 aliphatic carbocycles. The average molecular weight is 508 g/mol. The van der Waals surface area contributed by atoms with Crippen LogP contribution in [-0.4, -0.2) is 33.6 Å². The van der Waals surface area contributed by atoms with E-state index >= 15 is 0 Å². The number of fused-ring (bicyclic) bond motifs is 2. The number of nitrogens with one attached hydrogen (secondary N) is 1. The van der Waals surface area contributed by atoms with E-state index in [2.05, 4.69) is 28.5 Å². The van der Waals surface area contributed by atoms with Crippen molar-refractivity contribution in [2.24, 2.45) is 0 Å². The van der Waals surface area contributed by atoms with Gasteiger partial charge in [-0.3, -0.25) is 19.3 Å². The molecule has 7 heteroatoms. The largest absolute Gasteiger partial charge is 0.300 e. The summed E-state index contributed by atoms with van der Waals surface area (Å²) < 4.78 is 0. The molecule has 0 radical (unpaired) electrons. The molecule has 0 saturated carbocycles. The second-order valence-electron chi connectivity index (χ2n) is 9.45. The molecule has 2 aliphatic rings. The highest BCUT2D eigenvalue weighted by Gasteiger charge is 2.42. The molecule has 0 unspecified atom stereocenters. The Morgan fingerprint density at radius 3 is 2.30 bits per heavy atom. The molecule has 4 aromatic rings. The maximum absolute atomic E-state index is 13.6. The Balaban J connectivity index is 1.27. The summed E-state index contributed by atoms with van der Waals surface area (Å²) in [6.07, 6.45) is 4.85. The molecule has 1 aliphatic heterocycles. The fraction of sp³-hybridized carbons (Fsp3) is 0.200. The minimum Gasteiger partial charge on any atom is -0.300 e. The van der Waals surface area contributed by atoms with Gasteiger partial charge in [0, 0.05) is 17.4 Å². The molecule has 6 rings (SSSR count). The van der Waals surface area contributed by atoms with Crippen LogP contribution in [0.5, 0.6) is 0 Å². The number of benzene rings is 3. The van der Waals surface area contributed by atoms with Crippen molar-refractivity contribution >= 4 is 34.2 Å². The highest BCUT2D eigenvalue weighted by molar-refractivity contribution is 7.14. The van der Waals surface area contributed by atoms with Crippen LogP contribution < -0.4 is 5.32 Å². The molecular formula is C30H25N3O3S. The van der Waals surface area contributed by atoms with Gasteiger partial charge in [-0.1, -0.05) is 54.6 Å². The van der Waals surface area contributed by atoms with Gasteiger partial charge in [0.2, 0.25) is 5.91 Å². The number of aryl methyl sites for hydroxylation is 2. The van der Waals surface area contributed by atoms with Crippen LogP contribution in [0.3, 0.4) is 0 Å². The van der Waals surface area contributed by atoms with Gasteiger partial charge in [-0.05, 0) is 60.6 Å². The molecule has 1 aromatic heterocycles. The number of carbonyl (C=O) groups is 3. The summed E-state index contributed by atoms with van der Waals surface area (Å²) in [5.74, 6) is -1.35. The van der Waals surface area contributed by atoms with Crippen LogP contribution in [0.2, 0.25) is 0 Å². The van der Waals surface area contributed by atoms with Gasteiger partial charge >= 0.3 is 0 Å². The summed E-state index contributed by atoms with van der Waals surface area (Å²) in [6, 6.07) is 21.5. The molecule has 6 nitrogen and oxygen atoms in total. The Hall–Kier alpha value is -4.10. The number of carbonyl (C=O) groups excluding carboxylic acids is 3. The van der Waals surface area contributed by atoms with E-state index in [1.165, 1.54) is 35.3 Å². The van der Waals surface area contributed by atoms with Crippen molar-refractivity contribution in [3.63, 3.8) is 0 Å². The molecule has 0 fully saturated rings. The zero-order chi connectivity index (χ0) is 25.4. The summed E-state index contributed by atoms with van der Waals surface area (Å²) in [6.45, 7) is 0. The standard InChI is InChI=1S/C30H25N3O3S/c34-27(32-30-31-25(18-37-30)22-15-14-20-10-4-5-11-21(20)17-22)26(16-19-8-2-1-3-9-19)33-28(35)23-12-6-7-13-24(23)29(33)36/h1-3,6-9,12-15,17-18,26H,4-5,10-11,16H2,(H,31,32,34)/t26-/m1/s1. The van der Waals surface area contributed by atoms with Crippen molar-refractivity contribution in [3.8, 4) is 11.3 Å². The first-order chi connectivity index (χ1) is 18.1. The van der Waals surface area contributed by atoms with Gasteiger partial charge in [0.05, 0.1) is 16.8 Å². The summed E-state index contributed by atoms with van der Waals surface area (Å²) in [7, 11) is 0. The first kappa shape index (κ1) is 23.3. The lowest BCUT2D eigenvalue weighted by Gasteiger charge is -2.25. The van der Waals surface area contributed by atoms with Crippen LogP contribution in [0.25, 0.3) is 11.3 Å². The first-order valence-corrected chi connectivity index (χ1v) is 13.4. The lowest BCUT2D eigenvalue weighted by Crippen LogP contribution is -2.48. The van der Waals surface area contributed by atoms with Crippen molar-refractivity contribution in [2.75, 3.05) is 5.32 Å². The van der Waals surface area contributed by atoms with Gasteiger partial charge in [-0.15, -0.1) is 11.3 Å². The molecule has 3 amide bonds. The van der Waals surface area contributed by atoms with Crippen molar-refractivity contribution in [2.45, 2.75) is 38.1 Å². The van der Waals surface area contributed by atoms with E-state index in [0.717, 1.165) is 34.6 Å². The third-order valence-electron chi connectivity index (χ3n) is 7.09. The highest BCUT2D eigenvalue weighted by Crippen LogP contribution is 2.31. The minimum absolute atomic E-state index is 0.210. The lowest BCUT2D eigenvalue weighted by molar-refractivity contribution is -0.119. The molecular weight excluding hydrogens is 482 g/mol. The van der Waals surface area contributed by atoms with E-state index in [4.69, 9.17) is 0 Å². The van der Waals surface area contributed by atoms with E-state index in [1.807, 2.05) is 35.7 Å². The van der Waals surface area contributed by atoms with E-state index < -0.39 is 23.8 Å². The second kappa shape index (κ2) is 9.75. The third kappa shape index (κ3) is 4.47. The van der Waals surface area contributed by atoms with Gasteiger partial charge in [-0.2, -0.15) is 0 Å². The topological polar surface area (TPSA) is 79.4 Å². The van der Waals surface area contributed by atoms with Crippen molar-refractivity contribution in [1.29, 1.82) is 0 Å². The monoisotopic (exact) mass is 507 g/mol. The summed E-state index contributed by atoms with van der Waals surface area (Å²) in [5, 5.41) is 5.24. The Bertz CT molecular complexity index is 1480. The molecule has 0 saturated heterocycles. The minimum atomic E-state index is -1.01. The zero-order valence-corrected chi connectivity index (χ0v) is 21.0. The molecule has 1 N–H and O–H groups in total. The Labute approximate surface area is 219 Å². The number of hydrogen-bond acceptors (Lipinski definition) is 5. The maximum Gasteiger partial charge on any atom is 0.262 e. The number of thiazole rings is 1. The molecule has 3 aromatic carbocycles. The van der Waals surface area contributed by atoms with Crippen molar-refractivity contribution < 1.29 is 14.4 Å². The SMILES string of the molecule is O=C(Nc1nc(-c2ccc3c(c2)CCCC3)cs1)[C@@H](Cc1ccccc1)N1C(=O)c2ccccc2C1=O. The summed E-state index contributed by atoms with van der Waals surface area (Å²) >= 11 is 1.33. The summed E-state index contributed by atoms with van der Waals surface area (Å²) in [5.41, 5.74) is 6.10. The Morgan fingerprint density at radius 1 is 0.892 bits per heavy atom. The van der Waals surface area contributed by atoms with Crippen LogP contribution in [0.15, 0.2) is 78.2 Å². The predicted octanol–water partition coefficient (Wildman–Crippen LogP) is 5.53. The maximum atomic E-state index is 13.6. The first-order valence-electron chi connectivity index (χ1n) is 12.5. The number of nitrogens with zero attached hydrogens (tertiary/aromatic N) is 2. The number of aromatic nitrogens is 1. The zero-order valence-electron chi connectivity index (χ0n) is 20.1. The van der Waals surface area contributed by atoms with Gasteiger partial charge in [0.1, 0.15) is 6.04 Å². The van der Waals surface area contributed by atoms with Gasteiger partial charge < -0.3 is 5.32 Å². The smallest absolute Gasteiger partial charge is 0.262 e. The normalized spacial score (nSPS) is 15.3. The number of amides is 3. The van der Waals surface area contributed by atoms with E-state index in [1.54, 1.807) is 24.3 Å². The quantitative estimate of drug-likeness (QED) is 0.348. The van der Waals surface area contributed by atoms with Crippen LogP contribution in [0.1, 0.15) is 50.2 Å². The van der Waals surface area contributed by atoms with Gasteiger partial charge in [0.15, 0.2) is 5.13 Å². The van der Waals surface area contributed by atoms with Gasteiger partial charge in [-0.25, -0.2) is 4.98 Å². The van der Waals surface area contributed by atoms with E-state index in [0.29, 0.717) is 16.3 Å². The summed E-state index contributed by atoms with van der Waals surface area (Å²) in [4.78, 5) is 45.8. The van der Waals surface area contributed by atoms with Crippen LogP contribution in [-0.2, 0) is 24.1 Å². The molecule has 184 valence electrons. The fourth-order valence-electron chi connectivity index (χ4n) is 5.17. The Morgan fingerprint density at radius 2 is 1.57 bits per heavy atom. The second-order valence-corrected chi connectivity index (χ2v) is 10.3. The van der Waals surface area contributed by atoms with Crippen LogP contribution >= 0.6 is 11.3 Å². The lowest BCUT2D eigenvalue weighted by atomic mass is 9.90. The number of anilines is 1. The molecule has 0 bridgehead atoms. The molecule has 0 spiro atoms. The number of hydrogen-bond donors (Lipinski definition) is 1.